The van der Waals surface area contributed by atoms with E-state index in [1.54, 1.807) is 12.5 Å². The molecule has 1 aromatic heterocycles. The third-order valence-corrected chi connectivity index (χ3v) is 3.75. The van der Waals surface area contributed by atoms with Crippen LogP contribution in [-0.2, 0) is 11.2 Å². The summed E-state index contributed by atoms with van der Waals surface area (Å²) in [7, 11) is 1.60. The zero-order chi connectivity index (χ0) is 13.8. The molecule has 2 rings (SSSR count). The average Bonchev–Trinajstić information content (AvgIpc) is 2.78. The summed E-state index contributed by atoms with van der Waals surface area (Å²) < 4.78 is 6.07. The lowest BCUT2D eigenvalue weighted by Crippen LogP contribution is -2.00. The van der Waals surface area contributed by atoms with Crippen LogP contribution in [0.2, 0.25) is 0 Å². The summed E-state index contributed by atoms with van der Waals surface area (Å²) in [5.41, 5.74) is 1.38. The summed E-state index contributed by atoms with van der Waals surface area (Å²) in [5.74, 6) is -0.172. The molecule has 1 heterocycles. The Morgan fingerprint density at radius 3 is 3.05 bits per heavy atom. The molecular weight excluding hydrogens is 332 g/mol. The Morgan fingerprint density at radius 1 is 1.58 bits per heavy atom. The molecule has 2 N–H and O–H groups in total. The van der Waals surface area contributed by atoms with Crippen LogP contribution in [0.1, 0.15) is 5.69 Å². The number of ether oxygens (including phenoxy) is 1. The van der Waals surface area contributed by atoms with Gasteiger partial charge in [-0.1, -0.05) is 0 Å². The highest BCUT2D eigenvalue weighted by Crippen LogP contribution is 2.30. The van der Waals surface area contributed by atoms with Crippen LogP contribution in [-0.4, -0.2) is 23.2 Å². The van der Waals surface area contributed by atoms with Crippen LogP contribution < -0.4 is 10.1 Å². The summed E-state index contributed by atoms with van der Waals surface area (Å²) >= 11 is 4.74. The number of halogens is 1. The minimum absolute atomic E-state index is 0.0676. The Balaban J connectivity index is 2.12. The number of nitrogens with zero attached hydrogens (tertiary/aromatic N) is 1. The molecule has 0 aliphatic carbocycles. The number of anilines is 2. The van der Waals surface area contributed by atoms with E-state index in [1.165, 1.54) is 11.3 Å². The van der Waals surface area contributed by atoms with E-state index in [0.29, 0.717) is 16.6 Å². The van der Waals surface area contributed by atoms with Gasteiger partial charge < -0.3 is 15.2 Å². The van der Waals surface area contributed by atoms with E-state index in [-0.39, 0.29) is 6.42 Å². The molecular formula is C12H11BrN2O3S. The normalized spacial score (nSPS) is 10.2. The topological polar surface area (TPSA) is 71.5 Å². The van der Waals surface area contributed by atoms with Crippen LogP contribution in [0.3, 0.4) is 0 Å². The van der Waals surface area contributed by atoms with Gasteiger partial charge in [0.1, 0.15) is 5.75 Å². The van der Waals surface area contributed by atoms with Crippen LogP contribution >= 0.6 is 27.3 Å². The molecule has 0 saturated heterocycles. The smallest absolute Gasteiger partial charge is 0.309 e. The molecule has 2 aromatic rings. The lowest BCUT2D eigenvalue weighted by atomic mass is 10.3. The van der Waals surface area contributed by atoms with Crippen LogP contribution in [0.4, 0.5) is 10.8 Å². The van der Waals surface area contributed by atoms with Gasteiger partial charge in [-0.3, -0.25) is 4.79 Å². The van der Waals surface area contributed by atoms with Gasteiger partial charge in [0.15, 0.2) is 5.13 Å². The maximum atomic E-state index is 10.6. The van der Waals surface area contributed by atoms with Gasteiger partial charge in [-0.15, -0.1) is 11.3 Å². The molecule has 0 bridgehead atoms. The summed E-state index contributed by atoms with van der Waals surface area (Å²) in [6.45, 7) is 0. The summed E-state index contributed by atoms with van der Waals surface area (Å²) in [6.07, 6.45) is -0.0676. The third-order valence-electron chi connectivity index (χ3n) is 2.29. The predicted molar refractivity (Wildman–Crippen MR) is 77.4 cm³/mol. The van der Waals surface area contributed by atoms with Crippen LogP contribution in [0.5, 0.6) is 5.75 Å². The monoisotopic (exact) mass is 342 g/mol. The van der Waals surface area contributed by atoms with Crippen molar-refractivity contribution in [2.24, 2.45) is 0 Å². The molecule has 0 spiro atoms. The van der Waals surface area contributed by atoms with Crippen molar-refractivity contribution in [3.05, 3.63) is 33.7 Å². The first kappa shape index (κ1) is 13.8. The van der Waals surface area contributed by atoms with Gasteiger partial charge in [0.05, 0.1) is 23.7 Å². The number of aromatic nitrogens is 1. The van der Waals surface area contributed by atoms with E-state index in [2.05, 4.69) is 26.2 Å². The molecule has 0 atom stereocenters. The van der Waals surface area contributed by atoms with Gasteiger partial charge in [-0.05, 0) is 28.1 Å². The first-order valence-electron chi connectivity index (χ1n) is 5.35. The predicted octanol–water partition coefficient (Wildman–Crippen LogP) is 3.28. The fourth-order valence-corrected chi connectivity index (χ4v) is 2.60. The van der Waals surface area contributed by atoms with E-state index in [0.717, 1.165) is 10.2 Å². The Labute approximate surface area is 122 Å². The van der Waals surface area contributed by atoms with Gasteiger partial charge in [-0.2, -0.15) is 0 Å². The maximum absolute atomic E-state index is 10.6. The second-order valence-electron chi connectivity index (χ2n) is 3.69. The van der Waals surface area contributed by atoms with Crippen molar-refractivity contribution in [2.45, 2.75) is 6.42 Å². The quantitative estimate of drug-likeness (QED) is 0.872. The Morgan fingerprint density at radius 2 is 2.37 bits per heavy atom. The van der Waals surface area contributed by atoms with Gasteiger partial charge >= 0.3 is 5.97 Å². The van der Waals surface area contributed by atoms with Gasteiger partial charge in [0.25, 0.3) is 0 Å². The Bertz CT molecular complexity index is 600. The molecule has 0 fully saturated rings. The van der Waals surface area contributed by atoms with Crippen molar-refractivity contribution in [1.82, 2.24) is 4.98 Å². The lowest BCUT2D eigenvalue weighted by molar-refractivity contribution is -0.136. The number of aliphatic carboxylic acids is 1. The number of carboxylic acid groups (broad SMARTS) is 1. The fraction of sp³-hybridized carbons (Fsp3) is 0.167. The second kappa shape index (κ2) is 6.03. The minimum Gasteiger partial charge on any atom is -0.495 e. The number of benzene rings is 1. The third kappa shape index (κ3) is 3.68. The van der Waals surface area contributed by atoms with E-state index < -0.39 is 5.97 Å². The van der Waals surface area contributed by atoms with Crippen LogP contribution in [0.25, 0.3) is 0 Å². The Kier molecular flexibility index (Phi) is 4.39. The molecule has 1 aromatic carbocycles. The number of thiazole rings is 1. The number of hydrogen-bond donors (Lipinski definition) is 2. The van der Waals surface area contributed by atoms with E-state index in [1.807, 2.05) is 18.2 Å². The number of rotatable bonds is 5. The second-order valence-corrected chi connectivity index (χ2v) is 5.40. The van der Waals surface area contributed by atoms with E-state index >= 15 is 0 Å². The maximum Gasteiger partial charge on any atom is 0.309 e. The molecule has 0 unspecified atom stereocenters. The lowest BCUT2D eigenvalue weighted by Gasteiger charge is -2.07. The minimum atomic E-state index is -0.887. The van der Waals surface area contributed by atoms with Crippen LogP contribution in [0, 0.1) is 0 Å². The number of carbonyl (C=O) groups is 1. The van der Waals surface area contributed by atoms with Crippen molar-refractivity contribution < 1.29 is 14.6 Å². The van der Waals surface area contributed by atoms with Gasteiger partial charge in [0.2, 0.25) is 0 Å². The van der Waals surface area contributed by atoms with Crippen molar-refractivity contribution in [3.8, 4) is 5.75 Å². The number of carboxylic acids is 1. The van der Waals surface area contributed by atoms with Crippen molar-refractivity contribution in [3.63, 3.8) is 0 Å². The number of hydrogen-bond acceptors (Lipinski definition) is 5. The highest BCUT2D eigenvalue weighted by molar-refractivity contribution is 9.10. The van der Waals surface area contributed by atoms with Gasteiger partial charge in [-0.25, -0.2) is 4.98 Å². The van der Waals surface area contributed by atoms with Gasteiger partial charge in [0, 0.05) is 17.1 Å². The van der Waals surface area contributed by atoms with E-state index in [9.17, 15) is 4.79 Å². The molecule has 0 aliphatic heterocycles. The standard InChI is InChI=1S/C12H11BrN2O3S/c1-18-10-4-7(2-3-9(10)13)14-12-15-8(6-19-12)5-11(16)17/h2-4,6H,5H2,1H3,(H,14,15)(H,16,17). The highest BCUT2D eigenvalue weighted by Gasteiger charge is 2.07. The zero-order valence-corrected chi connectivity index (χ0v) is 12.4. The van der Waals surface area contributed by atoms with Crippen LogP contribution in [0.15, 0.2) is 28.1 Å². The molecule has 7 heteroatoms. The summed E-state index contributed by atoms with van der Waals surface area (Å²) in [4.78, 5) is 14.8. The first-order chi connectivity index (χ1) is 9.08. The van der Waals surface area contributed by atoms with Crippen molar-refractivity contribution in [1.29, 1.82) is 0 Å². The molecule has 19 heavy (non-hydrogen) atoms. The number of nitrogens with one attached hydrogen (secondary N) is 1. The zero-order valence-electron chi connectivity index (χ0n) is 10.0. The van der Waals surface area contributed by atoms with Crippen molar-refractivity contribution >= 4 is 44.1 Å². The van der Waals surface area contributed by atoms with E-state index in [4.69, 9.17) is 9.84 Å². The SMILES string of the molecule is COc1cc(Nc2nc(CC(=O)O)cs2)ccc1Br. The number of methoxy groups -OCH3 is 1. The summed E-state index contributed by atoms with van der Waals surface area (Å²) in [6, 6.07) is 5.58. The highest BCUT2D eigenvalue weighted by atomic mass is 79.9. The molecule has 0 aliphatic rings. The first-order valence-corrected chi connectivity index (χ1v) is 7.02. The van der Waals surface area contributed by atoms with Crippen molar-refractivity contribution in [2.75, 3.05) is 12.4 Å². The molecule has 5 nitrogen and oxygen atoms in total. The fourth-order valence-electron chi connectivity index (χ4n) is 1.46. The molecule has 100 valence electrons. The average molecular weight is 343 g/mol. The molecule has 0 radical (unpaired) electrons. The molecule has 0 saturated carbocycles. The largest absolute Gasteiger partial charge is 0.495 e. The molecule has 0 amide bonds. The summed E-state index contributed by atoms with van der Waals surface area (Å²) in [5, 5.41) is 14.2. The Hall–Kier alpha value is -1.60.